The highest BCUT2D eigenvalue weighted by Crippen LogP contribution is 2.26. The Bertz CT molecular complexity index is 505. The van der Waals surface area contributed by atoms with Crippen LogP contribution in [0.2, 0.25) is 10.0 Å². The normalized spacial score (nSPS) is 12.1. The van der Waals surface area contributed by atoms with E-state index in [-0.39, 0.29) is 9.92 Å². The topological polar surface area (TPSA) is 37.4 Å². The molecule has 18 heavy (non-hydrogen) atoms. The van der Waals surface area contributed by atoms with E-state index in [1.165, 1.54) is 22.5 Å². The summed E-state index contributed by atoms with van der Waals surface area (Å²) in [6, 6.07) is 4.29. The Balaban J connectivity index is 3.06. The predicted octanol–water partition coefficient (Wildman–Crippen LogP) is 3.63. The summed E-state index contributed by atoms with van der Waals surface area (Å²) in [6.45, 7) is 2.56. The molecule has 3 nitrogen and oxygen atoms in total. The molecule has 0 saturated carbocycles. The van der Waals surface area contributed by atoms with Crippen molar-refractivity contribution in [2.24, 2.45) is 0 Å². The third-order valence-electron chi connectivity index (χ3n) is 2.42. The molecule has 0 aliphatic heterocycles. The highest BCUT2D eigenvalue weighted by Gasteiger charge is 2.23. The molecule has 102 valence electrons. The molecule has 7 heteroatoms. The minimum absolute atomic E-state index is 0.147. The summed E-state index contributed by atoms with van der Waals surface area (Å²) in [4.78, 5) is 0.147. The summed E-state index contributed by atoms with van der Waals surface area (Å²) >= 11 is 17.2. The molecule has 0 aromatic heterocycles. The summed E-state index contributed by atoms with van der Waals surface area (Å²) in [5.41, 5.74) is 0. The summed E-state index contributed by atoms with van der Waals surface area (Å²) in [6.07, 6.45) is 0.607. The minimum atomic E-state index is -3.53. The van der Waals surface area contributed by atoms with Crippen LogP contribution in [-0.2, 0) is 10.0 Å². The average Bonchev–Trinajstić information content (AvgIpc) is 2.33. The van der Waals surface area contributed by atoms with Crippen LogP contribution in [-0.4, -0.2) is 31.7 Å². The number of rotatable bonds is 6. The Morgan fingerprint density at radius 3 is 2.39 bits per heavy atom. The van der Waals surface area contributed by atoms with Crippen LogP contribution in [0.15, 0.2) is 23.1 Å². The van der Waals surface area contributed by atoms with Crippen molar-refractivity contribution in [1.82, 2.24) is 4.31 Å². The highest BCUT2D eigenvalue weighted by molar-refractivity contribution is 7.89. The minimum Gasteiger partial charge on any atom is -0.207 e. The molecule has 0 aliphatic carbocycles. The zero-order valence-corrected chi connectivity index (χ0v) is 13.0. The first-order chi connectivity index (χ1) is 8.43. The fourth-order valence-electron chi connectivity index (χ4n) is 1.47. The first-order valence-electron chi connectivity index (χ1n) is 5.44. The Hall–Kier alpha value is -0.000000000000000111. The Morgan fingerprint density at radius 1 is 1.22 bits per heavy atom. The molecule has 1 aromatic carbocycles. The van der Waals surface area contributed by atoms with Crippen molar-refractivity contribution in [2.45, 2.75) is 18.2 Å². The number of sulfonamides is 1. The van der Waals surface area contributed by atoms with Gasteiger partial charge in [0.05, 0.1) is 14.9 Å². The van der Waals surface area contributed by atoms with Gasteiger partial charge in [-0.2, -0.15) is 4.31 Å². The molecule has 0 aliphatic rings. The van der Waals surface area contributed by atoms with E-state index in [1.807, 2.05) is 0 Å². The Labute approximate surface area is 123 Å². The van der Waals surface area contributed by atoms with Crippen molar-refractivity contribution in [3.8, 4) is 0 Å². The summed E-state index contributed by atoms with van der Waals surface area (Å²) in [7, 11) is -3.53. The summed E-state index contributed by atoms with van der Waals surface area (Å²) < 4.78 is 26.0. The molecule has 1 rings (SSSR count). The van der Waals surface area contributed by atoms with E-state index >= 15 is 0 Å². The molecule has 1 aromatic rings. The second-order valence-corrected chi connectivity index (χ2v) is 6.75. The number of halogens is 3. The number of nitrogens with zero attached hydrogens (tertiary/aromatic N) is 1. The van der Waals surface area contributed by atoms with Crippen LogP contribution in [0.1, 0.15) is 13.3 Å². The first-order valence-corrected chi connectivity index (χ1v) is 8.17. The van der Waals surface area contributed by atoms with E-state index in [0.29, 0.717) is 30.4 Å². The van der Waals surface area contributed by atoms with Gasteiger partial charge in [-0.3, -0.25) is 0 Å². The molecule has 0 fully saturated rings. The van der Waals surface area contributed by atoms with Gasteiger partial charge in [-0.25, -0.2) is 8.42 Å². The van der Waals surface area contributed by atoms with Crippen molar-refractivity contribution < 1.29 is 8.42 Å². The van der Waals surface area contributed by atoms with Gasteiger partial charge in [0, 0.05) is 19.0 Å². The first kappa shape index (κ1) is 16.1. The van der Waals surface area contributed by atoms with Crippen molar-refractivity contribution in [3.05, 3.63) is 28.2 Å². The molecule has 0 N–H and O–H groups in total. The van der Waals surface area contributed by atoms with E-state index in [0.717, 1.165) is 0 Å². The molecule has 0 bridgehead atoms. The molecule has 0 heterocycles. The maximum atomic E-state index is 12.3. The van der Waals surface area contributed by atoms with Crippen LogP contribution in [0.25, 0.3) is 0 Å². The zero-order valence-electron chi connectivity index (χ0n) is 9.87. The average molecular weight is 331 g/mol. The van der Waals surface area contributed by atoms with Gasteiger partial charge in [-0.15, -0.1) is 11.6 Å². The zero-order chi connectivity index (χ0) is 13.8. The fourth-order valence-corrected chi connectivity index (χ4v) is 3.47. The third-order valence-corrected chi connectivity index (χ3v) is 5.40. The number of alkyl halides is 1. The smallest absolute Gasteiger partial charge is 0.207 e. The van der Waals surface area contributed by atoms with Gasteiger partial charge in [-0.05, 0) is 24.6 Å². The third kappa shape index (κ3) is 3.75. The Morgan fingerprint density at radius 2 is 1.89 bits per heavy atom. The largest absolute Gasteiger partial charge is 0.243 e. The van der Waals surface area contributed by atoms with E-state index < -0.39 is 10.0 Å². The van der Waals surface area contributed by atoms with Gasteiger partial charge >= 0.3 is 0 Å². The molecule has 0 unspecified atom stereocenters. The number of benzene rings is 1. The standard InChI is InChI=1S/C11H14Cl3NO2S/c1-2-15(7-3-6-12)18(16,17)9-4-5-10(13)11(14)8-9/h4-5,8H,2-3,6-7H2,1H3. The monoisotopic (exact) mass is 329 g/mol. The Kier molecular flexibility index (Phi) is 6.21. The van der Waals surface area contributed by atoms with Gasteiger partial charge in [0.2, 0.25) is 10.0 Å². The van der Waals surface area contributed by atoms with Gasteiger partial charge in [0.15, 0.2) is 0 Å². The van der Waals surface area contributed by atoms with Crippen LogP contribution in [0, 0.1) is 0 Å². The highest BCUT2D eigenvalue weighted by atomic mass is 35.5. The van der Waals surface area contributed by atoms with Crippen molar-refractivity contribution in [3.63, 3.8) is 0 Å². The van der Waals surface area contributed by atoms with E-state index in [2.05, 4.69) is 0 Å². The van der Waals surface area contributed by atoms with Gasteiger partial charge < -0.3 is 0 Å². The van der Waals surface area contributed by atoms with Crippen molar-refractivity contribution >= 4 is 44.8 Å². The van der Waals surface area contributed by atoms with E-state index in [1.54, 1.807) is 6.92 Å². The van der Waals surface area contributed by atoms with Gasteiger partial charge in [0.1, 0.15) is 0 Å². The predicted molar refractivity (Wildman–Crippen MR) is 76.2 cm³/mol. The summed E-state index contributed by atoms with van der Waals surface area (Å²) in [5, 5.41) is 0.561. The van der Waals surface area contributed by atoms with Crippen LogP contribution in [0.3, 0.4) is 0 Å². The van der Waals surface area contributed by atoms with Crippen LogP contribution in [0.5, 0.6) is 0 Å². The molecule has 0 saturated heterocycles. The fraction of sp³-hybridized carbons (Fsp3) is 0.455. The SMILES string of the molecule is CCN(CCCCl)S(=O)(=O)c1ccc(Cl)c(Cl)c1. The summed E-state index contributed by atoms with van der Waals surface area (Å²) in [5.74, 6) is 0.424. The van der Waals surface area contributed by atoms with Crippen LogP contribution >= 0.6 is 34.8 Å². The lowest BCUT2D eigenvalue weighted by molar-refractivity contribution is 0.428. The molecular formula is C11H14Cl3NO2S. The van der Waals surface area contributed by atoms with Gasteiger partial charge in [0.25, 0.3) is 0 Å². The molecule has 0 atom stereocenters. The lowest BCUT2D eigenvalue weighted by Crippen LogP contribution is -2.32. The molecule has 0 amide bonds. The van der Waals surface area contributed by atoms with E-state index in [4.69, 9.17) is 34.8 Å². The van der Waals surface area contributed by atoms with Crippen molar-refractivity contribution in [1.29, 1.82) is 0 Å². The molecular weight excluding hydrogens is 317 g/mol. The maximum Gasteiger partial charge on any atom is 0.243 e. The maximum absolute atomic E-state index is 12.3. The second kappa shape index (κ2) is 6.96. The number of hydrogen-bond acceptors (Lipinski definition) is 2. The van der Waals surface area contributed by atoms with Crippen LogP contribution in [0.4, 0.5) is 0 Å². The molecule has 0 radical (unpaired) electrons. The lowest BCUT2D eigenvalue weighted by Gasteiger charge is -2.20. The number of hydrogen-bond donors (Lipinski definition) is 0. The van der Waals surface area contributed by atoms with Crippen LogP contribution < -0.4 is 0 Å². The van der Waals surface area contributed by atoms with E-state index in [9.17, 15) is 8.42 Å². The second-order valence-electron chi connectivity index (χ2n) is 3.62. The quantitative estimate of drug-likeness (QED) is 0.747. The van der Waals surface area contributed by atoms with Gasteiger partial charge in [-0.1, -0.05) is 30.1 Å². The molecule has 0 spiro atoms. The van der Waals surface area contributed by atoms with Crippen molar-refractivity contribution in [2.75, 3.05) is 19.0 Å². The lowest BCUT2D eigenvalue weighted by atomic mass is 10.4.